The molecule has 5 nitrogen and oxygen atoms in total. The number of rotatable bonds is 8. The molecule has 0 amide bonds. The molecular weight excluding hydrogens is 362 g/mol. The maximum atomic E-state index is 12.5. The fourth-order valence-electron chi connectivity index (χ4n) is 2.51. The molecule has 0 unspecified atom stereocenters. The number of hydrogen-bond acceptors (Lipinski definition) is 4. The van der Waals surface area contributed by atoms with Gasteiger partial charge in [0.1, 0.15) is 10.6 Å². The first-order valence-electron chi connectivity index (χ1n) is 8.11. The molecule has 1 aliphatic rings. The van der Waals surface area contributed by atoms with E-state index in [0.717, 1.165) is 12.2 Å². The van der Waals surface area contributed by atoms with Crippen molar-refractivity contribution in [2.45, 2.75) is 17.4 Å². The summed E-state index contributed by atoms with van der Waals surface area (Å²) in [5.74, 6) is 0.836. The summed E-state index contributed by atoms with van der Waals surface area (Å²) in [6.07, 6.45) is 0.678. The molecule has 1 aliphatic heterocycles. The third-order valence-corrected chi connectivity index (χ3v) is 6.25. The third-order valence-electron chi connectivity index (χ3n) is 3.92. The lowest BCUT2D eigenvalue weighted by Gasteiger charge is -2.37. The molecule has 0 saturated carbocycles. The lowest BCUT2D eigenvalue weighted by Crippen LogP contribution is -2.54. The minimum Gasteiger partial charge on any atom is -0.494 e. The van der Waals surface area contributed by atoms with Crippen LogP contribution in [0.15, 0.2) is 59.5 Å². The van der Waals surface area contributed by atoms with Gasteiger partial charge in [0.2, 0.25) is 10.0 Å². The van der Waals surface area contributed by atoms with E-state index in [1.807, 2.05) is 30.3 Å². The standard InChI is InChI=1S/C18H20ClNO4S/c19-17-9-4-5-10-18(17)25(21,22)20-13-16(14-20)24-12-6-11-23-15-7-2-1-3-8-15/h1-5,7-10,16H,6,11-14H2. The molecule has 0 aliphatic carbocycles. The Hall–Kier alpha value is -1.60. The molecule has 0 atom stereocenters. The van der Waals surface area contributed by atoms with Crippen LogP contribution in [-0.2, 0) is 14.8 Å². The maximum Gasteiger partial charge on any atom is 0.244 e. The summed E-state index contributed by atoms with van der Waals surface area (Å²) in [6.45, 7) is 1.82. The highest BCUT2D eigenvalue weighted by Gasteiger charge is 2.38. The molecule has 0 spiro atoms. The van der Waals surface area contributed by atoms with E-state index in [-0.39, 0.29) is 16.0 Å². The van der Waals surface area contributed by atoms with Crippen LogP contribution in [-0.4, -0.2) is 45.1 Å². The summed E-state index contributed by atoms with van der Waals surface area (Å²) < 4.78 is 37.6. The van der Waals surface area contributed by atoms with Gasteiger partial charge in [-0.15, -0.1) is 0 Å². The van der Waals surface area contributed by atoms with Gasteiger partial charge in [0, 0.05) is 19.5 Å². The number of halogens is 1. The summed E-state index contributed by atoms with van der Waals surface area (Å²) in [4.78, 5) is 0.145. The van der Waals surface area contributed by atoms with Gasteiger partial charge in [0.05, 0.1) is 24.3 Å². The van der Waals surface area contributed by atoms with Crippen LogP contribution in [0.2, 0.25) is 5.02 Å². The molecule has 3 rings (SSSR count). The quantitative estimate of drug-likeness (QED) is 0.659. The van der Waals surface area contributed by atoms with E-state index >= 15 is 0 Å². The summed E-state index contributed by atoms with van der Waals surface area (Å²) in [5, 5.41) is 0.241. The Balaban J connectivity index is 1.37. The average molecular weight is 382 g/mol. The largest absolute Gasteiger partial charge is 0.494 e. The summed E-state index contributed by atoms with van der Waals surface area (Å²) >= 11 is 5.99. The lowest BCUT2D eigenvalue weighted by atomic mass is 10.2. The van der Waals surface area contributed by atoms with Crippen molar-refractivity contribution in [3.05, 3.63) is 59.6 Å². The molecule has 7 heteroatoms. The van der Waals surface area contributed by atoms with Gasteiger partial charge in [-0.3, -0.25) is 0 Å². The van der Waals surface area contributed by atoms with Gasteiger partial charge in [-0.2, -0.15) is 4.31 Å². The predicted molar refractivity (Wildman–Crippen MR) is 96.5 cm³/mol. The lowest BCUT2D eigenvalue weighted by molar-refractivity contribution is -0.0233. The number of benzene rings is 2. The molecule has 2 aromatic rings. The van der Waals surface area contributed by atoms with Crippen molar-refractivity contribution in [2.75, 3.05) is 26.3 Å². The highest BCUT2D eigenvalue weighted by molar-refractivity contribution is 7.89. The van der Waals surface area contributed by atoms with Crippen molar-refractivity contribution < 1.29 is 17.9 Å². The smallest absolute Gasteiger partial charge is 0.244 e. The van der Waals surface area contributed by atoms with Crippen molar-refractivity contribution in [2.24, 2.45) is 0 Å². The molecule has 0 bridgehead atoms. The Bertz CT molecular complexity index is 792. The van der Waals surface area contributed by atoms with Gasteiger partial charge in [0.25, 0.3) is 0 Å². The summed E-state index contributed by atoms with van der Waals surface area (Å²) in [7, 11) is -3.54. The zero-order valence-electron chi connectivity index (χ0n) is 13.7. The van der Waals surface area contributed by atoms with E-state index in [1.165, 1.54) is 10.4 Å². The van der Waals surface area contributed by atoms with Gasteiger partial charge < -0.3 is 9.47 Å². The molecule has 0 aromatic heterocycles. The monoisotopic (exact) mass is 381 g/mol. The zero-order chi connectivity index (χ0) is 17.7. The SMILES string of the molecule is O=S(=O)(c1ccccc1Cl)N1CC(OCCCOc2ccccc2)C1. The Morgan fingerprint density at radius 3 is 2.40 bits per heavy atom. The van der Waals surface area contributed by atoms with Crippen molar-refractivity contribution in [3.8, 4) is 5.75 Å². The van der Waals surface area contributed by atoms with Crippen LogP contribution in [0, 0.1) is 0 Å². The van der Waals surface area contributed by atoms with Crippen LogP contribution in [0.3, 0.4) is 0 Å². The van der Waals surface area contributed by atoms with E-state index < -0.39 is 10.0 Å². The zero-order valence-corrected chi connectivity index (χ0v) is 15.2. The Kier molecular flexibility index (Phi) is 5.96. The Morgan fingerprint density at radius 1 is 1.00 bits per heavy atom. The van der Waals surface area contributed by atoms with Gasteiger partial charge in [-0.25, -0.2) is 8.42 Å². The van der Waals surface area contributed by atoms with Gasteiger partial charge in [-0.1, -0.05) is 41.9 Å². The molecule has 1 heterocycles. The van der Waals surface area contributed by atoms with Gasteiger partial charge in [0.15, 0.2) is 0 Å². The Labute approximate surface area is 153 Å². The van der Waals surface area contributed by atoms with Crippen molar-refractivity contribution in [1.29, 1.82) is 0 Å². The minimum atomic E-state index is -3.54. The normalized spacial score (nSPS) is 15.7. The van der Waals surface area contributed by atoms with Crippen LogP contribution in [0.1, 0.15) is 6.42 Å². The molecule has 134 valence electrons. The third kappa shape index (κ3) is 4.52. The fourth-order valence-corrected chi connectivity index (χ4v) is 4.51. The predicted octanol–water partition coefficient (Wildman–Crippen LogP) is 3.20. The number of nitrogens with zero attached hydrogens (tertiary/aromatic N) is 1. The van der Waals surface area contributed by atoms with Crippen LogP contribution < -0.4 is 4.74 Å². The molecule has 2 aromatic carbocycles. The van der Waals surface area contributed by atoms with Crippen LogP contribution in [0.5, 0.6) is 5.75 Å². The number of sulfonamides is 1. The van der Waals surface area contributed by atoms with E-state index in [9.17, 15) is 8.42 Å². The molecule has 1 fully saturated rings. The maximum absolute atomic E-state index is 12.5. The topological polar surface area (TPSA) is 55.8 Å². The first kappa shape index (κ1) is 18.2. The highest BCUT2D eigenvalue weighted by atomic mass is 35.5. The van der Waals surface area contributed by atoms with Gasteiger partial charge >= 0.3 is 0 Å². The van der Waals surface area contributed by atoms with Crippen molar-refractivity contribution in [1.82, 2.24) is 4.31 Å². The van der Waals surface area contributed by atoms with E-state index in [0.29, 0.717) is 26.3 Å². The van der Waals surface area contributed by atoms with Crippen LogP contribution >= 0.6 is 11.6 Å². The van der Waals surface area contributed by atoms with Crippen molar-refractivity contribution in [3.63, 3.8) is 0 Å². The first-order valence-corrected chi connectivity index (χ1v) is 9.93. The van der Waals surface area contributed by atoms with E-state index in [4.69, 9.17) is 21.1 Å². The number of ether oxygens (including phenoxy) is 2. The van der Waals surface area contributed by atoms with E-state index in [2.05, 4.69) is 0 Å². The molecule has 25 heavy (non-hydrogen) atoms. The number of para-hydroxylation sites is 1. The van der Waals surface area contributed by atoms with E-state index in [1.54, 1.807) is 18.2 Å². The second-order valence-corrected chi connectivity index (χ2v) is 8.07. The Morgan fingerprint density at radius 2 is 1.68 bits per heavy atom. The second-order valence-electron chi connectivity index (χ2n) is 5.76. The summed E-state index contributed by atoms with van der Waals surface area (Å²) in [6, 6.07) is 16.1. The molecule has 0 radical (unpaired) electrons. The molecule has 0 N–H and O–H groups in total. The first-order chi connectivity index (χ1) is 12.1. The number of hydrogen-bond donors (Lipinski definition) is 0. The van der Waals surface area contributed by atoms with Crippen molar-refractivity contribution >= 4 is 21.6 Å². The fraction of sp³-hybridized carbons (Fsp3) is 0.333. The molecule has 1 saturated heterocycles. The summed E-state index contributed by atoms with van der Waals surface area (Å²) in [5.41, 5.74) is 0. The average Bonchev–Trinajstić information content (AvgIpc) is 2.57. The minimum absolute atomic E-state index is 0.0750. The molecular formula is C18H20ClNO4S. The van der Waals surface area contributed by atoms with Crippen LogP contribution in [0.4, 0.5) is 0 Å². The van der Waals surface area contributed by atoms with Crippen LogP contribution in [0.25, 0.3) is 0 Å². The second kappa shape index (κ2) is 8.19. The highest BCUT2D eigenvalue weighted by Crippen LogP contribution is 2.28. The van der Waals surface area contributed by atoms with Gasteiger partial charge in [-0.05, 0) is 24.3 Å².